The molecule has 1 fully saturated rings. The van der Waals surface area contributed by atoms with E-state index >= 15 is 0 Å². The predicted molar refractivity (Wildman–Crippen MR) is 111 cm³/mol. The van der Waals surface area contributed by atoms with E-state index in [1.807, 2.05) is 16.9 Å². The first-order valence-electron chi connectivity index (χ1n) is 10.2. The van der Waals surface area contributed by atoms with Crippen LogP contribution in [0.15, 0.2) is 24.5 Å². The number of aryl methyl sites for hydroxylation is 1. The van der Waals surface area contributed by atoms with E-state index in [9.17, 15) is 0 Å². The zero-order chi connectivity index (χ0) is 19.9. The minimum Gasteiger partial charge on any atom is -0.384 e. The average molecular weight is 382 g/mol. The first-order valence-corrected chi connectivity index (χ1v) is 10.2. The molecule has 1 aliphatic rings. The van der Waals surface area contributed by atoms with Crippen LogP contribution in [0.3, 0.4) is 0 Å². The summed E-state index contributed by atoms with van der Waals surface area (Å²) < 4.78 is 3.76. The maximum atomic E-state index is 6.31. The molecule has 3 aromatic heterocycles. The van der Waals surface area contributed by atoms with E-state index in [1.54, 1.807) is 4.52 Å². The van der Waals surface area contributed by atoms with Gasteiger partial charge >= 0.3 is 0 Å². The summed E-state index contributed by atoms with van der Waals surface area (Å²) in [6, 6.07) is 4.08. The monoisotopic (exact) mass is 381 g/mol. The van der Waals surface area contributed by atoms with E-state index in [2.05, 4.69) is 55.1 Å². The second-order valence-corrected chi connectivity index (χ2v) is 8.91. The summed E-state index contributed by atoms with van der Waals surface area (Å²) in [7, 11) is 0. The number of rotatable bonds is 4. The van der Waals surface area contributed by atoms with Gasteiger partial charge in [-0.3, -0.25) is 9.58 Å². The first kappa shape index (κ1) is 18.9. The van der Waals surface area contributed by atoms with Crippen LogP contribution in [0.2, 0.25) is 0 Å². The van der Waals surface area contributed by atoms with Crippen LogP contribution in [-0.4, -0.2) is 42.4 Å². The van der Waals surface area contributed by atoms with Gasteiger partial charge in [-0.15, -0.1) is 0 Å². The lowest BCUT2D eigenvalue weighted by molar-refractivity contribution is 0.203. The van der Waals surface area contributed by atoms with E-state index in [1.165, 1.54) is 5.56 Å². The van der Waals surface area contributed by atoms with Gasteiger partial charge in [-0.05, 0) is 32.9 Å². The highest BCUT2D eigenvalue weighted by atomic mass is 15.3. The lowest BCUT2D eigenvalue weighted by Gasteiger charge is -2.31. The highest BCUT2D eigenvalue weighted by Gasteiger charge is 2.24. The van der Waals surface area contributed by atoms with E-state index in [0.29, 0.717) is 11.7 Å². The molecule has 7 heteroatoms. The highest BCUT2D eigenvalue weighted by Crippen LogP contribution is 2.30. The van der Waals surface area contributed by atoms with Gasteiger partial charge in [0.2, 0.25) is 0 Å². The summed E-state index contributed by atoms with van der Waals surface area (Å²) >= 11 is 0. The standard InChI is InChI=1S/C21H31N7/c1-5-27-14-15(12-23-27)13-26-8-6-16(7-9-26)17-10-19(22)28-20(24-17)11-18(25-28)21(2,3)4/h10-12,14,16H,5-9,13,22H2,1-4H3. The summed E-state index contributed by atoms with van der Waals surface area (Å²) in [6.45, 7) is 12.6. The fraction of sp³-hybridized carbons (Fsp3) is 0.571. The average Bonchev–Trinajstić information content (AvgIpc) is 3.29. The maximum absolute atomic E-state index is 6.31. The predicted octanol–water partition coefficient (Wildman–Crippen LogP) is 3.21. The third-order valence-electron chi connectivity index (χ3n) is 5.67. The van der Waals surface area contributed by atoms with Crippen LogP contribution in [0.1, 0.15) is 63.4 Å². The van der Waals surface area contributed by atoms with Gasteiger partial charge in [0.15, 0.2) is 5.65 Å². The van der Waals surface area contributed by atoms with E-state index in [-0.39, 0.29) is 5.41 Å². The van der Waals surface area contributed by atoms with Crippen molar-refractivity contribution in [3.63, 3.8) is 0 Å². The minimum atomic E-state index is -0.0166. The highest BCUT2D eigenvalue weighted by molar-refractivity contribution is 5.49. The molecule has 0 saturated carbocycles. The van der Waals surface area contributed by atoms with Crippen LogP contribution in [0, 0.1) is 0 Å². The minimum absolute atomic E-state index is 0.0166. The Hall–Kier alpha value is -2.41. The number of nitrogens with zero attached hydrogens (tertiary/aromatic N) is 6. The molecule has 2 N–H and O–H groups in total. The molecule has 28 heavy (non-hydrogen) atoms. The van der Waals surface area contributed by atoms with Gasteiger partial charge < -0.3 is 5.73 Å². The number of fused-ring (bicyclic) bond motifs is 1. The Kier molecular flexibility index (Phi) is 4.87. The van der Waals surface area contributed by atoms with Gasteiger partial charge in [0.25, 0.3) is 0 Å². The van der Waals surface area contributed by atoms with Crippen LogP contribution in [-0.2, 0) is 18.5 Å². The fourth-order valence-electron chi connectivity index (χ4n) is 3.90. The molecule has 0 radical (unpaired) electrons. The van der Waals surface area contributed by atoms with Gasteiger partial charge in [0.05, 0.1) is 11.9 Å². The van der Waals surface area contributed by atoms with Crippen molar-refractivity contribution in [2.75, 3.05) is 18.8 Å². The molecular formula is C21H31N7. The summed E-state index contributed by atoms with van der Waals surface area (Å²) in [5.74, 6) is 1.12. The van der Waals surface area contributed by atoms with Crippen LogP contribution in [0.4, 0.5) is 5.82 Å². The summed E-state index contributed by atoms with van der Waals surface area (Å²) in [5.41, 5.74) is 10.6. The lowest BCUT2D eigenvalue weighted by atomic mass is 9.92. The second kappa shape index (κ2) is 7.20. The molecule has 4 heterocycles. The Labute approximate surface area is 166 Å². The molecule has 1 saturated heterocycles. The van der Waals surface area contributed by atoms with E-state index in [0.717, 1.165) is 56.1 Å². The van der Waals surface area contributed by atoms with Crippen molar-refractivity contribution in [1.82, 2.24) is 29.3 Å². The van der Waals surface area contributed by atoms with Crippen molar-refractivity contribution in [2.24, 2.45) is 0 Å². The van der Waals surface area contributed by atoms with Crippen LogP contribution in [0.5, 0.6) is 0 Å². The van der Waals surface area contributed by atoms with Crippen molar-refractivity contribution in [3.8, 4) is 0 Å². The number of aromatic nitrogens is 5. The molecule has 1 aliphatic heterocycles. The third kappa shape index (κ3) is 3.76. The van der Waals surface area contributed by atoms with Gasteiger partial charge in [-0.25, -0.2) is 4.98 Å². The first-order chi connectivity index (χ1) is 13.3. The lowest BCUT2D eigenvalue weighted by Crippen LogP contribution is -2.32. The molecule has 0 aromatic carbocycles. The second-order valence-electron chi connectivity index (χ2n) is 8.91. The van der Waals surface area contributed by atoms with Gasteiger partial charge in [-0.2, -0.15) is 14.7 Å². The molecule has 0 aliphatic carbocycles. The van der Waals surface area contributed by atoms with Gasteiger partial charge in [-0.1, -0.05) is 20.8 Å². The molecule has 3 aromatic rings. The maximum Gasteiger partial charge on any atom is 0.157 e. The SMILES string of the molecule is CCn1cc(CN2CCC(c3cc(N)n4nc(C(C)(C)C)cc4n3)CC2)cn1. The number of piperidine rings is 1. The topological polar surface area (TPSA) is 77.3 Å². The zero-order valence-electron chi connectivity index (χ0n) is 17.4. The Morgan fingerprint density at radius 1 is 1.18 bits per heavy atom. The number of likely N-dealkylation sites (tertiary alicyclic amines) is 1. The third-order valence-corrected chi connectivity index (χ3v) is 5.67. The number of nitrogen functional groups attached to an aromatic ring is 1. The smallest absolute Gasteiger partial charge is 0.157 e. The van der Waals surface area contributed by atoms with Crippen LogP contribution in [0.25, 0.3) is 5.65 Å². The van der Waals surface area contributed by atoms with Gasteiger partial charge in [0, 0.05) is 54.0 Å². The molecule has 0 atom stereocenters. The zero-order valence-corrected chi connectivity index (χ0v) is 17.4. The summed E-state index contributed by atoms with van der Waals surface area (Å²) in [6.07, 6.45) is 6.34. The molecule has 7 nitrogen and oxygen atoms in total. The number of nitrogens with two attached hydrogens (primary N) is 1. The van der Waals surface area contributed by atoms with Crippen molar-refractivity contribution >= 4 is 11.5 Å². The molecular weight excluding hydrogens is 350 g/mol. The Morgan fingerprint density at radius 3 is 2.57 bits per heavy atom. The quantitative estimate of drug-likeness (QED) is 0.751. The molecule has 0 amide bonds. The Balaban J connectivity index is 1.46. The van der Waals surface area contributed by atoms with Crippen molar-refractivity contribution < 1.29 is 0 Å². The van der Waals surface area contributed by atoms with Crippen molar-refractivity contribution in [2.45, 2.75) is 65.0 Å². The van der Waals surface area contributed by atoms with Crippen LogP contribution >= 0.6 is 0 Å². The molecule has 0 spiro atoms. The number of anilines is 1. The Bertz CT molecular complexity index is 955. The summed E-state index contributed by atoms with van der Waals surface area (Å²) in [5, 5.41) is 9.03. The Morgan fingerprint density at radius 2 is 1.93 bits per heavy atom. The van der Waals surface area contributed by atoms with E-state index in [4.69, 9.17) is 10.7 Å². The van der Waals surface area contributed by atoms with Crippen molar-refractivity contribution in [3.05, 3.63) is 41.5 Å². The van der Waals surface area contributed by atoms with Crippen LogP contribution < -0.4 is 5.73 Å². The van der Waals surface area contributed by atoms with Gasteiger partial charge in [0.1, 0.15) is 5.82 Å². The van der Waals surface area contributed by atoms with E-state index < -0.39 is 0 Å². The molecule has 4 rings (SSSR count). The fourth-order valence-corrected chi connectivity index (χ4v) is 3.90. The number of hydrogen-bond donors (Lipinski definition) is 1. The van der Waals surface area contributed by atoms with Crippen molar-refractivity contribution in [1.29, 1.82) is 0 Å². The largest absolute Gasteiger partial charge is 0.384 e. The normalized spacial score (nSPS) is 16.9. The number of hydrogen-bond acceptors (Lipinski definition) is 5. The molecule has 150 valence electrons. The summed E-state index contributed by atoms with van der Waals surface area (Å²) in [4.78, 5) is 7.41. The molecule has 0 bridgehead atoms. The molecule has 0 unspecified atom stereocenters.